The number of oxazole rings is 1. The summed E-state index contributed by atoms with van der Waals surface area (Å²) in [5.74, 6) is 0. The van der Waals surface area contributed by atoms with Crippen LogP contribution >= 0.6 is 23.2 Å². The summed E-state index contributed by atoms with van der Waals surface area (Å²) >= 11 is 12.3. The van der Waals surface area contributed by atoms with Gasteiger partial charge in [-0.15, -0.1) is 0 Å². The molecule has 0 unspecified atom stereocenters. The molecule has 0 radical (unpaired) electrons. The van der Waals surface area contributed by atoms with Crippen molar-refractivity contribution in [1.82, 2.24) is 9.97 Å². The van der Waals surface area contributed by atoms with Crippen molar-refractivity contribution in [2.24, 2.45) is 0 Å². The molecule has 0 spiro atoms. The third-order valence-corrected chi connectivity index (χ3v) is 3.11. The number of halogens is 2. The quantitative estimate of drug-likeness (QED) is 0.662. The molecule has 5 heteroatoms. The molecular weight excluding hydrogens is 259 g/mol. The van der Waals surface area contributed by atoms with Crippen LogP contribution in [0.25, 0.3) is 22.2 Å². The maximum Gasteiger partial charge on any atom is 0.181 e. The number of benzene rings is 1. The van der Waals surface area contributed by atoms with Gasteiger partial charge in [0.2, 0.25) is 0 Å². The largest absolute Gasteiger partial charge is 0.451 e. The lowest BCUT2D eigenvalue weighted by atomic mass is 10.1. The zero-order chi connectivity index (χ0) is 11.8. The molecular formula is C12H6Cl2N2O. The van der Waals surface area contributed by atoms with E-state index in [0.717, 1.165) is 16.5 Å². The van der Waals surface area contributed by atoms with E-state index in [4.69, 9.17) is 27.6 Å². The molecule has 2 aromatic heterocycles. The van der Waals surface area contributed by atoms with Gasteiger partial charge in [0.15, 0.2) is 6.39 Å². The Morgan fingerprint density at radius 1 is 1.12 bits per heavy atom. The van der Waals surface area contributed by atoms with E-state index in [1.54, 1.807) is 18.3 Å². The lowest BCUT2D eigenvalue weighted by Crippen LogP contribution is -1.85. The van der Waals surface area contributed by atoms with E-state index in [1.165, 1.54) is 12.7 Å². The van der Waals surface area contributed by atoms with Gasteiger partial charge in [0, 0.05) is 22.2 Å². The minimum absolute atomic E-state index is 0.575. The van der Waals surface area contributed by atoms with Gasteiger partial charge in [0.1, 0.15) is 12.0 Å². The summed E-state index contributed by atoms with van der Waals surface area (Å²) in [7, 11) is 0. The first-order valence-electron chi connectivity index (χ1n) is 4.88. The highest BCUT2D eigenvalue weighted by atomic mass is 35.5. The fraction of sp³-hybridized carbons (Fsp3) is 0. The highest BCUT2D eigenvalue weighted by Gasteiger charge is 2.11. The van der Waals surface area contributed by atoms with E-state index in [0.29, 0.717) is 15.7 Å². The molecule has 0 N–H and O–H groups in total. The normalized spacial score (nSPS) is 10.9. The zero-order valence-corrected chi connectivity index (χ0v) is 10.0. The van der Waals surface area contributed by atoms with Gasteiger partial charge < -0.3 is 4.42 Å². The fourth-order valence-electron chi connectivity index (χ4n) is 1.66. The Labute approximate surface area is 107 Å². The molecule has 0 fully saturated rings. The van der Waals surface area contributed by atoms with Crippen LogP contribution in [0.1, 0.15) is 0 Å². The Morgan fingerprint density at radius 3 is 2.76 bits per heavy atom. The summed E-state index contributed by atoms with van der Waals surface area (Å²) in [6.07, 6.45) is 4.56. The van der Waals surface area contributed by atoms with Crippen molar-refractivity contribution in [3.63, 3.8) is 0 Å². The first-order chi connectivity index (χ1) is 8.25. The van der Waals surface area contributed by atoms with E-state index in [-0.39, 0.29) is 0 Å². The van der Waals surface area contributed by atoms with E-state index < -0.39 is 0 Å². The van der Waals surface area contributed by atoms with Crippen LogP contribution in [0.5, 0.6) is 0 Å². The molecule has 0 bridgehead atoms. The first-order valence-corrected chi connectivity index (χ1v) is 5.63. The third kappa shape index (κ3) is 1.77. The molecule has 0 atom stereocenters. The predicted molar refractivity (Wildman–Crippen MR) is 67.3 cm³/mol. The molecule has 0 amide bonds. The van der Waals surface area contributed by atoms with E-state index in [2.05, 4.69) is 9.97 Å². The maximum atomic E-state index is 6.32. The van der Waals surface area contributed by atoms with Gasteiger partial charge in [-0.3, -0.25) is 4.98 Å². The third-order valence-electron chi connectivity index (χ3n) is 2.47. The van der Waals surface area contributed by atoms with Gasteiger partial charge in [-0.25, -0.2) is 4.98 Å². The second-order valence-corrected chi connectivity index (χ2v) is 4.34. The summed E-state index contributed by atoms with van der Waals surface area (Å²) in [6.45, 7) is 0. The van der Waals surface area contributed by atoms with Gasteiger partial charge in [-0.2, -0.15) is 0 Å². The molecule has 84 valence electrons. The van der Waals surface area contributed by atoms with Gasteiger partial charge in [0.25, 0.3) is 0 Å². The number of nitrogens with zero attached hydrogens (tertiary/aromatic N) is 2. The SMILES string of the molecule is Clc1ccc2ncc(-c3cocn3)c(Cl)c2c1. The average Bonchev–Trinajstić information content (AvgIpc) is 2.84. The number of rotatable bonds is 1. The minimum atomic E-state index is 0.575. The second-order valence-electron chi connectivity index (χ2n) is 3.52. The Hall–Kier alpha value is -1.58. The Balaban J connectivity index is 2.32. The number of aromatic nitrogens is 2. The van der Waals surface area contributed by atoms with Crippen molar-refractivity contribution in [3.05, 3.63) is 47.1 Å². The van der Waals surface area contributed by atoms with Crippen LogP contribution in [0, 0.1) is 0 Å². The number of hydrogen-bond acceptors (Lipinski definition) is 3. The number of fused-ring (bicyclic) bond motifs is 1. The standard InChI is InChI=1S/C12H6Cl2N2O/c13-7-1-2-10-8(3-7)12(14)9(4-15-10)11-5-17-6-16-11/h1-6H. The lowest BCUT2D eigenvalue weighted by molar-refractivity contribution is 0.558. The molecule has 0 saturated heterocycles. The second kappa shape index (κ2) is 4.02. The van der Waals surface area contributed by atoms with Crippen LogP contribution < -0.4 is 0 Å². The zero-order valence-electron chi connectivity index (χ0n) is 8.52. The number of pyridine rings is 1. The Morgan fingerprint density at radius 2 is 2.00 bits per heavy atom. The van der Waals surface area contributed by atoms with Crippen molar-refractivity contribution >= 4 is 34.1 Å². The summed E-state index contributed by atoms with van der Waals surface area (Å²) in [4.78, 5) is 8.37. The van der Waals surface area contributed by atoms with E-state index in [9.17, 15) is 0 Å². The smallest absolute Gasteiger partial charge is 0.181 e. The van der Waals surface area contributed by atoms with Crippen LogP contribution in [0.4, 0.5) is 0 Å². The van der Waals surface area contributed by atoms with Gasteiger partial charge in [-0.1, -0.05) is 23.2 Å². The average molecular weight is 265 g/mol. The van der Waals surface area contributed by atoms with Gasteiger partial charge in [0.05, 0.1) is 10.5 Å². The molecule has 3 aromatic rings. The van der Waals surface area contributed by atoms with Crippen LogP contribution in [0.15, 0.2) is 41.5 Å². The van der Waals surface area contributed by atoms with Gasteiger partial charge >= 0.3 is 0 Å². The molecule has 2 heterocycles. The molecule has 3 nitrogen and oxygen atoms in total. The summed E-state index contributed by atoms with van der Waals surface area (Å²) in [5.41, 5.74) is 2.19. The van der Waals surface area contributed by atoms with Crippen LogP contribution in [0.2, 0.25) is 10.0 Å². The molecule has 0 saturated carbocycles. The van der Waals surface area contributed by atoms with Crippen molar-refractivity contribution < 1.29 is 4.42 Å². The van der Waals surface area contributed by atoms with Crippen LogP contribution in [-0.4, -0.2) is 9.97 Å². The molecule has 0 aliphatic carbocycles. The predicted octanol–water partition coefficient (Wildman–Crippen LogP) is 4.20. The molecule has 3 rings (SSSR count). The highest BCUT2D eigenvalue weighted by molar-refractivity contribution is 6.38. The van der Waals surface area contributed by atoms with E-state index in [1.807, 2.05) is 6.07 Å². The molecule has 17 heavy (non-hydrogen) atoms. The highest BCUT2D eigenvalue weighted by Crippen LogP contribution is 2.33. The molecule has 0 aliphatic rings. The lowest BCUT2D eigenvalue weighted by Gasteiger charge is -2.04. The molecule has 0 aliphatic heterocycles. The Kier molecular flexibility index (Phi) is 2.50. The topological polar surface area (TPSA) is 38.9 Å². The van der Waals surface area contributed by atoms with Crippen LogP contribution in [0.3, 0.4) is 0 Å². The van der Waals surface area contributed by atoms with Crippen molar-refractivity contribution in [2.45, 2.75) is 0 Å². The fourth-order valence-corrected chi connectivity index (χ4v) is 2.13. The van der Waals surface area contributed by atoms with E-state index >= 15 is 0 Å². The van der Waals surface area contributed by atoms with Crippen molar-refractivity contribution in [1.29, 1.82) is 0 Å². The van der Waals surface area contributed by atoms with Gasteiger partial charge in [-0.05, 0) is 18.2 Å². The van der Waals surface area contributed by atoms with Crippen LogP contribution in [-0.2, 0) is 0 Å². The summed E-state index contributed by atoms with van der Waals surface area (Å²) in [6, 6.07) is 5.40. The first kappa shape index (κ1) is 10.6. The van der Waals surface area contributed by atoms with Crippen molar-refractivity contribution in [2.75, 3.05) is 0 Å². The monoisotopic (exact) mass is 264 g/mol. The summed E-state index contributed by atoms with van der Waals surface area (Å²) in [5, 5.41) is 2.00. The maximum absolute atomic E-state index is 6.32. The minimum Gasteiger partial charge on any atom is -0.451 e. The summed E-state index contributed by atoms with van der Waals surface area (Å²) < 4.78 is 4.94. The number of hydrogen-bond donors (Lipinski definition) is 0. The Bertz CT molecular complexity index is 680. The molecule has 1 aromatic carbocycles. The van der Waals surface area contributed by atoms with Crippen molar-refractivity contribution in [3.8, 4) is 11.3 Å².